The third-order valence-electron chi connectivity index (χ3n) is 1.65. The van der Waals surface area contributed by atoms with Crippen LogP contribution in [0.1, 0.15) is 16.1 Å². The van der Waals surface area contributed by atoms with Crippen LogP contribution in [0, 0.1) is 6.39 Å². The molecule has 2 aromatic rings. The monoisotopic (exact) mass is 172 g/mol. The molecule has 0 saturated heterocycles. The molecule has 63 valence electrons. The summed E-state index contributed by atoms with van der Waals surface area (Å²) in [4.78, 5) is 15.1. The van der Waals surface area contributed by atoms with Gasteiger partial charge in [-0.1, -0.05) is 30.3 Å². The molecule has 0 fully saturated rings. The summed E-state index contributed by atoms with van der Waals surface area (Å²) < 4.78 is 4.76. The van der Waals surface area contributed by atoms with Gasteiger partial charge >= 0.3 is 0 Å². The molecule has 0 aliphatic rings. The lowest BCUT2D eigenvalue weighted by atomic mass is 10.1. The number of oxazole rings is 1. The van der Waals surface area contributed by atoms with Crippen molar-refractivity contribution in [1.29, 1.82) is 0 Å². The van der Waals surface area contributed by atoms with E-state index in [1.54, 1.807) is 24.3 Å². The normalized spacial score (nSPS) is 9.85. The first-order chi connectivity index (χ1) is 6.38. The number of benzene rings is 1. The average molecular weight is 172 g/mol. The molecule has 0 N–H and O–H groups in total. The zero-order valence-corrected chi connectivity index (χ0v) is 6.73. The molecule has 0 unspecified atom stereocenters. The first-order valence-electron chi connectivity index (χ1n) is 3.79. The van der Waals surface area contributed by atoms with E-state index >= 15 is 0 Å². The van der Waals surface area contributed by atoms with Crippen LogP contribution in [0.15, 0.2) is 40.9 Å². The third-order valence-corrected chi connectivity index (χ3v) is 1.65. The summed E-state index contributed by atoms with van der Waals surface area (Å²) in [6.07, 6.45) is 3.59. The number of carbonyl (C=O) groups is 1. The highest BCUT2D eigenvalue weighted by Crippen LogP contribution is 2.07. The highest BCUT2D eigenvalue weighted by atomic mass is 16.3. The van der Waals surface area contributed by atoms with Gasteiger partial charge in [0.05, 0.1) is 6.20 Å². The molecule has 3 nitrogen and oxygen atoms in total. The molecule has 1 aromatic carbocycles. The van der Waals surface area contributed by atoms with Gasteiger partial charge in [0.15, 0.2) is 5.76 Å². The molecule has 1 radical (unpaired) electrons. The van der Waals surface area contributed by atoms with Crippen molar-refractivity contribution < 1.29 is 9.21 Å². The Morgan fingerprint density at radius 2 is 2.08 bits per heavy atom. The maximum atomic E-state index is 11.6. The zero-order chi connectivity index (χ0) is 9.10. The Labute approximate surface area is 75.0 Å². The van der Waals surface area contributed by atoms with Crippen molar-refractivity contribution >= 4 is 5.78 Å². The summed E-state index contributed by atoms with van der Waals surface area (Å²) >= 11 is 0. The fourth-order valence-electron chi connectivity index (χ4n) is 1.02. The van der Waals surface area contributed by atoms with Crippen molar-refractivity contribution in [3.8, 4) is 0 Å². The second-order valence-electron chi connectivity index (χ2n) is 2.51. The van der Waals surface area contributed by atoms with Crippen LogP contribution in [-0.4, -0.2) is 10.8 Å². The minimum absolute atomic E-state index is 0.172. The van der Waals surface area contributed by atoms with Gasteiger partial charge < -0.3 is 4.42 Å². The first-order valence-corrected chi connectivity index (χ1v) is 3.79. The maximum Gasteiger partial charge on any atom is 0.284 e. The fraction of sp³-hybridized carbons (Fsp3) is 0. The minimum atomic E-state index is -0.172. The van der Waals surface area contributed by atoms with E-state index in [0.29, 0.717) is 5.56 Å². The number of hydrogen-bond donors (Lipinski definition) is 0. The molecule has 0 saturated carbocycles. The Bertz CT molecular complexity index is 392. The van der Waals surface area contributed by atoms with E-state index in [9.17, 15) is 4.79 Å². The van der Waals surface area contributed by atoms with E-state index in [1.807, 2.05) is 6.07 Å². The van der Waals surface area contributed by atoms with Crippen molar-refractivity contribution in [2.75, 3.05) is 0 Å². The lowest BCUT2D eigenvalue weighted by Crippen LogP contribution is -1.98. The molecule has 0 atom stereocenters. The van der Waals surface area contributed by atoms with Gasteiger partial charge in [-0.15, -0.1) is 0 Å². The molecule has 3 heteroatoms. The summed E-state index contributed by atoms with van der Waals surface area (Å²) in [5.41, 5.74) is 0.590. The predicted molar refractivity (Wildman–Crippen MR) is 45.2 cm³/mol. The van der Waals surface area contributed by atoms with E-state index in [2.05, 4.69) is 11.4 Å². The third kappa shape index (κ3) is 1.49. The summed E-state index contributed by atoms with van der Waals surface area (Å²) in [7, 11) is 0. The largest absolute Gasteiger partial charge is 0.429 e. The van der Waals surface area contributed by atoms with Gasteiger partial charge in [0.1, 0.15) is 0 Å². The Kier molecular flexibility index (Phi) is 1.92. The van der Waals surface area contributed by atoms with Crippen molar-refractivity contribution in [1.82, 2.24) is 4.98 Å². The van der Waals surface area contributed by atoms with Gasteiger partial charge in [-0.05, 0) is 0 Å². The highest BCUT2D eigenvalue weighted by Gasteiger charge is 2.11. The zero-order valence-electron chi connectivity index (χ0n) is 6.73. The Morgan fingerprint density at radius 1 is 1.31 bits per heavy atom. The fourth-order valence-corrected chi connectivity index (χ4v) is 1.02. The van der Waals surface area contributed by atoms with Gasteiger partial charge in [-0.2, -0.15) is 0 Å². The average Bonchev–Trinajstić information content (AvgIpc) is 2.71. The molecular formula is C10H6NO2. The number of carbonyl (C=O) groups excluding carboxylic acids is 1. The van der Waals surface area contributed by atoms with Crippen LogP contribution in [0.3, 0.4) is 0 Å². The molecule has 13 heavy (non-hydrogen) atoms. The molecule has 1 aromatic heterocycles. The van der Waals surface area contributed by atoms with Crippen LogP contribution < -0.4 is 0 Å². The second kappa shape index (κ2) is 3.23. The maximum absolute atomic E-state index is 11.6. The van der Waals surface area contributed by atoms with E-state index in [0.717, 1.165) is 0 Å². The minimum Gasteiger partial charge on any atom is -0.429 e. The van der Waals surface area contributed by atoms with Crippen LogP contribution in [0.5, 0.6) is 0 Å². The van der Waals surface area contributed by atoms with Crippen LogP contribution in [0.2, 0.25) is 0 Å². The quantitative estimate of drug-likeness (QED) is 0.647. The van der Waals surface area contributed by atoms with Crippen molar-refractivity contribution in [2.45, 2.75) is 0 Å². The first kappa shape index (κ1) is 7.73. The van der Waals surface area contributed by atoms with Crippen LogP contribution in [0.4, 0.5) is 0 Å². The van der Waals surface area contributed by atoms with Crippen LogP contribution in [-0.2, 0) is 0 Å². The molecule has 2 rings (SSSR count). The summed E-state index contributed by atoms with van der Waals surface area (Å²) in [5.74, 6) is 0.0422. The smallest absolute Gasteiger partial charge is 0.284 e. The van der Waals surface area contributed by atoms with Gasteiger partial charge in [-0.3, -0.25) is 4.79 Å². The number of hydrogen-bond acceptors (Lipinski definition) is 3. The lowest BCUT2D eigenvalue weighted by molar-refractivity contribution is 0.101. The standard InChI is InChI=1S/C10H6NO2/c12-10(9-6-11-7-13-9)8-4-2-1-3-5-8/h1-6H. The molecule has 0 aliphatic carbocycles. The van der Waals surface area contributed by atoms with Crippen molar-refractivity contribution in [3.63, 3.8) is 0 Å². The predicted octanol–water partition coefficient (Wildman–Crippen LogP) is 1.71. The number of ketones is 1. The Morgan fingerprint density at radius 3 is 2.69 bits per heavy atom. The van der Waals surface area contributed by atoms with Crippen molar-refractivity contribution in [3.05, 3.63) is 54.2 Å². The van der Waals surface area contributed by atoms with Gasteiger partial charge in [0, 0.05) is 5.56 Å². The van der Waals surface area contributed by atoms with Gasteiger partial charge in [0.2, 0.25) is 5.78 Å². The molecule has 1 heterocycles. The van der Waals surface area contributed by atoms with E-state index < -0.39 is 0 Å². The molecule has 0 aliphatic heterocycles. The molecule has 0 spiro atoms. The van der Waals surface area contributed by atoms with Crippen LogP contribution in [0.25, 0.3) is 0 Å². The van der Waals surface area contributed by atoms with E-state index in [-0.39, 0.29) is 11.5 Å². The topological polar surface area (TPSA) is 43.1 Å². The van der Waals surface area contributed by atoms with Crippen molar-refractivity contribution in [2.24, 2.45) is 0 Å². The van der Waals surface area contributed by atoms with Gasteiger partial charge in [-0.25, -0.2) is 4.98 Å². The number of nitrogens with zero attached hydrogens (tertiary/aromatic N) is 1. The summed E-state index contributed by atoms with van der Waals surface area (Å²) in [5, 5.41) is 0. The van der Waals surface area contributed by atoms with Crippen LogP contribution >= 0.6 is 0 Å². The number of rotatable bonds is 2. The van der Waals surface area contributed by atoms with E-state index in [1.165, 1.54) is 6.20 Å². The number of aromatic nitrogens is 1. The van der Waals surface area contributed by atoms with Gasteiger partial charge in [0.25, 0.3) is 6.39 Å². The summed E-state index contributed by atoms with van der Waals surface area (Å²) in [6.45, 7) is 0. The molecule has 0 bridgehead atoms. The summed E-state index contributed by atoms with van der Waals surface area (Å²) in [6, 6.07) is 8.90. The lowest BCUT2D eigenvalue weighted by Gasteiger charge is -1.94. The Balaban J connectivity index is 2.34. The highest BCUT2D eigenvalue weighted by molar-refractivity contribution is 6.06. The van der Waals surface area contributed by atoms with E-state index in [4.69, 9.17) is 4.42 Å². The molecule has 0 amide bonds. The Hall–Kier alpha value is -1.90. The second-order valence-corrected chi connectivity index (χ2v) is 2.51. The SMILES string of the molecule is O=C(c1ccccc1)c1cn[c]o1. The molecular weight excluding hydrogens is 166 g/mol.